The number of para-hydroxylation sites is 1. The maximum absolute atomic E-state index is 13.2. The molecular formula is C32H31NO5S. The third-order valence-electron chi connectivity index (χ3n) is 6.00. The SMILES string of the molecule is O=C(CCCC(=O)c1cccs1)NC(COCc1ccccc1)C(=O)Cc1ccc(Oc2ccccc2)cc1. The fraction of sp³-hybridized carbons (Fsp3) is 0.219. The molecule has 1 amide bonds. The van der Waals surface area contributed by atoms with E-state index in [4.69, 9.17) is 9.47 Å². The predicted molar refractivity (Wildman–Crippen MR) is 152 cm³/mol. The minimum Gasteiger partial charge on any atom is -0.457 e. The molecule has 1 N–H and O–H groups in total. The van der Waals surface area contributed by atoms with Gasteiger partial charge in [-0.3, -0.25) is 14.4 Å². The number of nitrogens with one attached hydrogen (secondary N) is 1. The highest BCUT2D eigenvalue weighted by Gasteiger charge is 2.22. The van der Waals surface area contributed by atoms with Gasteiger partial charge in [-0.05, 0) is 53.3 Å². The summed E-state index contributed by atoms with van der Waals surface area (Å²) in [5, 5.41) is 4.69. The largest absolute Gasteiger partial charge is 0.457 e. The topological polar surface area (TPSA) is 81.7 Å². The quantitative estimate of drug-likeness (QED) is 0.176. The van der Waals surface area contributed by atoms with Crippen molar-refractivity contribution in [1.29, 1.82) is 0 Å². The molecule has 1 atom stereocenters. The number of hydrogen-bond donors (Lipinski definition) is 1. The zero-order chi connectivity index (χ0) is 27.3. The minimum atomic E-state index is -0.797. The molecule has 0 bridgehead atoms. The zero-order valence-electron chi connectivity index (χ0n) is 21.6. The van der Waals surface area contributed by atoms with Crippen LogP contribution in [0.15, 0.2) is 102 Å². The molecule has 39 heavy (non-hydrogen) atoms. The smallest absolute Gasteiger partial charge is 0.220 e. The summed E-state index contributed by atoms with van der Waals surface area (Å²) < 4.78 is 11.6. The van der Waals surface area contributed by atoms with Crippen molar-refractivity contribution in [1.82, 2.24) is 5.32 Å². The molecule has 0 spiro atoms. The Bertz CT molecular complexity index is 1320. The van der Waals surface area contributed by atoms with Crippen LogP contribution in [-0.4, -0.2) is 30.1 Å². The van der Waals surface area contributed by atoms with Crippen molar-refractivity contribution < 1.29 is 23.9 Å². The van der Waals surface area contributed by atoms with Crippen LogP contribution in [0.25, 0.3) is 0 Å². The van der Waals surface area contributed by atoms with Gasteiger partial charge in [0.2, 0.25) is 5.91 Å². The van der Waals surface area contributed by atoms with Gasteiger partial charge >= 0.3 is 0 Å². The first-order valence-corrected chi connectivity index (χ1v) is 13.8. The number of ketones is 2. The Kier molecular flexibility index (Phi) is 10.6. The van der Waals surface area contributed by atoms with Gasteiger partial charge < -0.3 is 14.8 Å². The van der Waals surface area contributed by atoms with Gasteiger partial charge in [-0.2, -0.15) is 0 Å². The molecule has 200 valence electrons. The van der Waals surface area contributed by atoms with Gasteiger partial charge in [0, 0.05) is 19.3 Å². The molecule has 0 saturated carbocycles. The second-order valence-corrected chi connectivity index (χ2v) is 10.0. The third-order valence-corrected chi connectivity index (χ3v) is 6.92. The Morgan fingerprint density at radius 1 is 0.744 bits per heavy atom. The first-order chi connectivity index (χ1) is 19.1. The summed E-state index contributed by atoms with van der Waals surface area (Å²) >= 11 is 1.39. The molecule has 0 aliphatic heterocycles. The molecule has 0 aliphatic rings. The molecule has 1 aromatic heterocycles. The van der Waals surface area contributed by atoms with E-state index in [2.05, 4.69) is 5.32 Å². The monoisotopic (exact) mass is 541 g/mol. The van der Waals surface area contributed by atoms with Crippen LogP contribution >= 0.6 is 11.3 Å². The van der Waals surface area contributed by atoms with Gasteiger partial charge in [-0.1, -0.05) is 66.7 Å². The Morgan fingerprint density at radius 2 is 1.44 bits per heavy atom. The number of amides is 1. The second-order valence-electron chi connectivity index (χ2n) is 9.08. The highest BCUT2D eigenvalue weighted by Crippen LogP contribution is 2.21. The van der Waals surface area contributed by atoms with Crippen molar-refractivity contribution in [2.75, 3.05) is 6.61 Å². The van der Waals surface area contributed by atoms with E-state index in [0.717, 1.165) is 16.9 Å². The summed E-state index contributed by atoms with van der Waals surface area (Å²) in [7, 11) is 0. The molecule has 0 aliphatic carbocycles. The average Bonchev–Trinajstić information content (AvgIpc) is 3.50. The van der Waals surface area contributed by atoms with Gasteiger partial charge in [0.15, 0.2) is 11.6 Å². The van der Waals surface area contributed by atoms with E-state index >= 15 is 0 Å². The number of carbonyl (C=O) groups is 3. The van der Waals surface area contributed by atoms with E-state index in [9.17, 15) is 14.4 Å². The highest BCUT2D eigenvalue weighted by atomic mass is 32.1. The van der Waals surface area contributed by atoms with Crippen molar-refractivity contribution in [3.8, 4) is 11.5 Å². The molecule has 3 aromatic carbocycles. The van der Waals surface area contributed by atoms with E-state index < -0.39 is 6.04 Å². The van der Waals surface area contributed by atoms with Crippen molar-refractivity contribution in [2.24, 2.45) is 0 Å². The minimum absolute atomic E-state index is 0.0244. The summed E-state index contributed by atoms with van der Waals surface area (Å²) in [6.45, 7) is 0.393. The fourth-order valence-electron chi connectivity index (χ4n) is 3.94. The van der Waals surface area contributed by atoms with Gasteiger partial charge in [0.25, 0.3) is 0 Å². The predicted octanol–water partition coefficient (Wildman–Crippen LogP) is 6.41. The van der Waals surface area contributed by atoms with Crippen LogP contribution in [-0.2, 0) is 27.4 Å². The van der Waals surface area contributed by atoms with Crippen molar-refractivity contribution in [3.63, 3.8) is 0 Å². The van der Waals surface area contributed by atoms with Crippen LogP contribution in [0.4, 0.5) is 0 Å². The summed E-state index contributed by atoms with van der Waals surface area (Å²) in [6, 6.07) is 29.3. The maximum atomic E-state index is 13.2. The molecule has 4 aromatic rings. The lowest BCUT2D eigenvalue weighted by atomic mass is 10.0. The van der Waals surface area contributed by atoms with Crippen molar-refractivity contribution in [3.05, 3.63) is 118 Å². The number of carbonyl (C=O) groups excluding carboxylic acids is 3. The van der Waals surface area contributed by atoms with Gasteiger partial charge in [-0.25, -0.2) is 0 Å². The molecule has 1 heterocycles. The lowest BCUT2D eigenvalue weighted by Gasteiger charge is -2.18. The number of thiophene rings is 1. The average molecular weight is 542 g/mol. The van der Waals surface area contributed by atoms with E-state index in [1.165, 1.54) is 11.3 Å². The fourth-order valence-corrected chi connectivity index (χ4v) is 4.64. The van der Waals surface area contributed by atoms with Crippen LogP contribution < -0.4 is 10.1 Å². The molecule has 6 nitrogen and oxygen atoms in total. The van der Waals surface area contributed by atoms with Gasteiger partial charge in [0.05, 0.1) is 18.1 Å². The van der Waals surface area contributed by atoms with E-state index in [-0.39, 0.29) is 43.3 Å². The molecule has 0 radical (unpaired) electrons. The van der Waals surface area contributed by atoms with Gasteiger partial charge in [-0.15, -0.1) is 11.3 Å². The summed E-state index contributed by atoms with van der Waals surface area (Å²) in [5.74, 6) is 1.00. The molecule has 7 heteroatoms. The number of rotatable bonds is 15. The zero-order valence-corrected chi connectivity index (χ0v) is 22.4. The molecule has 0 saturated heterocycles. The molecule has 4 rings (SSSR count). The Hall–Kier alpha value is -4.07. The lowest BCUT2D eigenvalue weighted by molar-refractivity contribution is -0.129. The molecule has 1 unspecified atom stereocenters. The van der Waals surface area contributed by atoms with Crippen molar-refractivity contribution in [2.45, 2.75) is 38.3 Å². The standard InChI is InChI=1S/C32H31NO5S/c34-29(31-14-8-20-39-31)13-7-15-32(36)33-28(23-37-22-25-9-3-1-4-10-25)30(35)21-24-16-18-27(19-17-24)38-26-11-5-2-6-12-26/h1-6,8-12,14,16-20,28H,7,13,15,21-23H2,(H,33,36). The third kappa shape index (κ3) is 9.32. The van der Waals surface area contributed by atoms with Crippen LogP contribution in [0.3, 0.4) is 0 Å². The number of benzene rings is 3. The van der Waals surface area contributed by atoms with Crippen molar-refractivity contribution >= 4 is 28.8 Å². The Labute approximate surface area is 232 Å². The van der Waals surface area contributed by atoms with Crippen LogP contribution in [0.1, 0.15) is 40.1 Å². The van der Waals surface area contributed by atoms with Crippen LogP contribution in [0, 0.1) is 0 Å². The molecule has 0 fully saturated rings. The van der Waals surface area contributed by atoms with E-state index in [1.807, 2.05) is 96.4 Å². The number of ether oxygens (including phenoxy) is 2. The maximum Gasteiger partial charge on any atom is 0.220 e. The molecular weight excluding hydrogens is 510 g/mol. The summed E-state index contributed by atoms with van der Waals surface area (Å²) in [6.07, 6.45) is 0.999. The lowest BCUT2D eigenvalue weighted by Crippen LogP contribution is -2.44. The Balaban J connectivity index is 1.32. The van der Waals surface area contributed by atoms with Gasteiger partial charge in [0.1, 0.15) is 17.5 Å². The van der Waals surface area contributed by atoms with E-state index in [1.54, 1.807) is 6.07 Å². The van der Waals surface area contributed by atoms with Crippen LogP contribution in [0.2, 0.25) is 0 Å². The highest BCUT2D eigenvalue weighted by molar-refractivity contribution is 7.12. The first kappa shape index (κ1) is 28.0. The Morgan fingerprint density at radius 3 is 2.13 bits per heavy atom. The number of hydrogen-bond acceptors (Lipinski definition) is 6. The summed E-state index contributed by atoms with van der Waals surface area (Å²) in [5.41, 5.74) is 1.79. The second kappa shape index (κ2) is 14.8. The summed E-state index contributed by atoms with van der Waals surface area (Å²) in [4.78, 5) is 38.8. The van der Waals surface area contributed by atoms with Crippen LogP contribution in [0.5, 0.6) is 11.5 Å². The first-order valence-electron chi connectivity index (χ1n) is 12.9. The number of Topliss-reactive ketones (excluding diaryl/α,β-unsaturated/α-hetero) is 2. The normalized spacial score (nSPS) is 11.5. The van der Waals surface area contributed by atoms with E-state index in [0.29, 0.717) is 23.7 Å².